The molecule has 0 bridgehead atoms. The number of aliphatic hydroxyl groups is 1. The maximum absolute atomic E-state index is 12.2. The molecule has 0 saturated carbocycles. The number of ether oxygens (including phenoxy) is 2. The molecule has 1 saturated heterocycles. The molecule has 0 radical (unpaired) electrons. The number of benzene rings is 2. The minimum atomic E-state index is -0.303. The van der Waals surface area contributed by atoms with E-state index < -0.39 is 0 Å². The Morgan fingerprint density at radius 3 is 2.56 bits per heavy atom. The van der Waals surface area contributed by atoms with E-state index in [4.69, 9.17) is 14.6 Å². The highest BCUT2D eigenvalue weighted by atomic mass is 16.5. The minimum Gasteiger partial charge on any atom is -0.457 e. The van der Waals surface area contributed by atoms with Crippen molar-refractivity contribution < 1.29 is 19.4 Å². The molecule has 0 amide bonds. The highest BCUT2D eigenvalue weighted by Crippen LogP contribution is 2.23. The fourth-order valence-electron chi connectivity index (χ4n) is 3.11. The van der Waals surface area contributed by atoms with Crippen molar-refractivity contribution in [3.05, 3.63) is 71.3 Å². The van der Waals surface area contributed by atoms with Crippen LogP contribution in [0.25, 0.3) is 0 Å². The predicted molar refractivity (Wildman–Crippen MR) is 95.3 cm³/mol. The van der Waals surface area contributed by atoms with Crippen LogP contribution in [-0.2, 0) is 22.5 Å². The van der Waals surface area contributed by atoms with Crippen LogP contribution in [0, 0.1) is 0 Å². The van der Waals surface area contributed by atoms with Crippen LogP contribution in [0.3, 0.4) is 0 Å². The van der Waals surface area contributed by atoms with Gasteiger partial charge in [-0.3, -0.25) is 0 Å². The molecule has 2 atom stereocenters. The molecule has 1 aliphatic rings. The van der Waals surface area contributed by atoms with Crippen molar-refractivity contribution in [3.8, 4) is 0 Å². The Bertz CT molecular complexity index is 683. The summed E-state index contributed by atoms with van der Waals surface area (Å²) in [4.78, 5) is 12.2. The first kappa shape index (κ1) is 17.6. The van der Waals surface area contributed by atoms with Crippen LogP contribution in [-0.4, -0.2) is 29.9 Å². The molecule has 1 fully saturated rings. The Morgan fingerprint density at radius 2 is 1.80 bits per heavy atom. The summed E-state index contributed by atoms with van der Waals surface area (Å²) in [6.07, 6.45) is 3.86. The molecule has 132 valence electrons. The zero-order valence-corrected chi connectivity index (χ0v) is 14.3. The quantitative estimate of drug-likeness (QED) is 0.784. The summed E-state index contributed by atoms with van der Waals surface area (Å²) < 4.78 is 11.1. The van der Waals surface area contributed by atoms with Gasteiger partial charge in [0.2, 0.25) is 0 Å². The summed E-state index contributed by atoms with van der Waals surface area (Å²) >= 11 is 0. The third kappa shape index (κ3) is 5.15. The zero-order valence-electron chi connectivity index (χ0n) is 14.3. The van der Waals surface area contributed by atoms with Crippen molar-refractivity contribution in [1.29, 1.82) is 0 Å². The molecule has 2 aromatic rings. The van der Waals surface area contributed by atoms with Crippen LogP contribution in [0.1, 0.15) is 40.7 Å². The van der Waals surface area contributed by atoms with E-state index in [-0.39, 0.29) is 31.4 Å². The van der Waals surface area contributed by atoms with Crippen molar-refractivity contribution in [2.24, 2.45) is 0 Å². The fourth-order valence-corrected chi connectivity index (χ4v) is 3.11. The van der Waals surface area contributed by atoms with Crippen molar-refractivity contribution in [2.45, 2.75) is 44.5 Å². The Hall–Kier alpha value is -2.17. The van der Waals surface area contributed by atoms with Crippen molar-refractivity contribution >= 4 is 5.97 Å². The summed E-state index contributed by atoms with van der Waals surface area (Å²) in [6.45, 7) is 0.377. The number of aryl methyl sites for hydroxylation is 1. The lowest BCUT2D eigenvalue weighted by molar-refractivity contribution is 0.00873. The Kier molecular flexibility index (Phi) is 6.20. The van der Waals surface area contributed by atoms with Gasteiger partial charge in [0.05, 0.1) is 24.4 Å². The molecule has 0 aromatic heterocycles. The summed E-state index contributed by atoms with van der Waals surface area (Å²) in [5.74, 6) is -0.303. The highest BCUT2D eigenvalue weighted by molar-refractivity contribution is 5.89. The number of hydrogen-bond acceptors (Lipinski definition) is 4. The van der Waals surface area contributed by atoms with Crippen LogP contribution >= 0.6 is 0 Å². The van der Waals surface area contributed by atoms with Gasteiger partial charge in [-0.25, -0.2) is 4.79 Å². The Morgan fingerprint density at radius 1 is 1.04 bits per heavy atom. The first-order valence-corrected chi connectivity index (χ1v) is 8.81. The van der Waals surface area contributed by atoms with Gasteiger partial charge >= 0.3 is 5.97 Å². The normalized spacial score (nSPS) is 19.7. The molecular weight excluding hydrogens is 316 g/mol. The molecule has 1 heterocycles. The topological polar surface area (TPSA) is 55.8 Å². The minimum absolute atomic E-state index is 0.00991. The Labute approximate surface area is 148 Å². The predicted octanol–water partition coefficient (Wildman–Crippen LogP) is 3.52. The van der Waals surface area contributed by atoms with E-state index in [2.05, 4.69) is 0 Å². The molecule has 0 unspecified atom stereocenters. The number of esters is 1. The van der Waals surface area contributed by atoms with E-state index in [1.54, 1.807) is 6.07 Å². The van der Waals surface area contributed by atoms with Crippen molar-refractivity contribution in [2.75, 3.05) is 6.61 Å². The fraction of sp³-hybridized carbons (Fsp3) is 0.381. The number of aliphatic hydroxyl groups excluding tert-OH is 1. The molecule has 3 rings (SSSR count). The van der Waals surface area contributed by atoms with Crippen LogP contribution < -0.4 is 0 Å². The molecule has 4 heteroatoms. The second-order valence-electron chi connectivity index (χ2n) is 6.44. The van der Waals surface area contributed by atoms with Gasteiger partial charge in [0.1, 0.15) is 6.61 Å². The number of hydrogen-bond donors (Lipinski definition) is 1. The first-order chi connectivity index (χ1) is 12.2. The van der Waals surface area contributed by atoms with Crippen LogP contribution in [0.15, 0.2) is 54.6 Å². The number of carbonyl (C=O) groups is 1. The van der Waals surface area contributed by atoms with E-state index in [1.165, 1.54) is 0 Å². The SMILES string of the molecule is O=C(OCc1ccccc1)c1cccc(CC[C@H]2CC[C@@H](CO)O2)c1. The van der Waals surface area contributed by atoms with Gasteiger partial charge in [0.25, 0.3) is 0 Å². The highest BCUT2D eigenvalue weighted by Gasteiger charge is 2.24. The molecule has 0 aliphatic carbocycles. The molecule has 25 heavy (non-hydrogen) atoms. The van der Waals surface area contributed by atoms with Gasteiger partial charge in [-0.1, -0.05) is 42.5 Å². The van der Waals surface area contributed by atoms with Gasteiger partial charge in [-0.15, -0.1) is 0 Å². The molecule has 1 N–H and O–H groups in total. The van der Waals surface area contributed by atoms with Crippen LogP contribution in [0.5, 0.6) is 0 Å². The van der Waals surface area contributed by atoms with Crippen LogP contribution in [0.4, 0.5) is 0 Å². The lowest BCUT2D eigenvalue weighted by atomic mass is 10.0. The lowest BCUT2D eigenvalue weighted by Gasteiger charge is -2.12. The maximum atomic E-state index is 12.2. The van der Waals surface area contributed by atoms with E-state index in [1.807, 2.05) is 48.5 Å². The van der Waals surface area contributed by atoms with Crippen LogP contribution in [0.2, 0.25) is 0 Å². The third-order valence-electron chi connectivity index (χ3n) is 4.53. The molecular formula is C21H24O4. The summed E-state index contributed by atoms with van der Waals surface area (Å²) in [5, 5.41) is 9.12. The monoisotopic (exact) mass is 340 g/mol. The third-order valence-corrected chi connectivity index (χ3v) is 4.53. The van der Waals surface area contributed by atoms with Gasteiger partial charge in [-0.2, -0.15) is 0 Å². The second-order valence-corrected chi connectivity index (χ2v) is 6.44. The number of carbonyl (C=O) groups excluding carboxylic acids is 1. The molecule has 4 nitrogen and oxygen atoms in total. The van der Waals surface area contributed by atoms with E-state index in [0.29, 0.717) is 5.56 Å². The van der Waals surface area contributed by atoms with Gasteiger partial charge < -0.3 is 14.6 Å². The lowest BCUT2D eigenvalue weighted by Crippen LogP contribution is -2.15. The van der Waals surface area contributed by atoms with Gasteiger partial charge in [0, 0.05) is 0 Å². The summed E-state index contributed by atoms with van der Waals surface area (Å²) in [7, 11) is 0. The van der Waals surface area contributed by atoms with Gasteiger partial charge in [-0.05, 0) is 48.9 Å². The van der Waals surface area contributed by atoms with Crippen molar-refractivity contribution in [3.63, 3.8) is 0 Å². The molecule has 1 aliphatic heterocycles. The largest absolute Gasteiger partial charge is 0.457 e. The standard InChI is InChI=1S/C21H24O4/c22-14-20-12-11-19(25-20)10-9-16-7-4-8-18(13-16)21(23)24-15-17-5-2-1-3-6-17/h1-8,13,19-20,22H,9-12,14-15H2/t19-,20-/m0/s1. The number of rotatable bonds is 7. The van der Waals surface area contributed by atoms with Crippen molar-refractivity contribution in [1.82, 2.24) is 0 Å². The first-order valence-electron chi connectivity index (χ1n) is 8.81. The zero-order chi connectivity index (χ0) is 17.5. The Balaban J connectivity index is 1.51. The second kappa shape index (κ2) is 8.79. The average Bonchev–Trinajstić information content (AvgIpc) is 3.14. The summed E-state index contributed by atoms with van der Waals surface area (Å²) in [6, 6.07) is 17.2. The van der Waals surface area contributed by atoms with E-state index in [0.717, 1.165) is 36.8 Å². The summed E-state index contributed by atoms with van der Waals surface area (Å²) in [5.41, 5.74) is 2.66. The molecule has 2 aromatic carbocycles. The average molecular weight is 340 g/mol. The smallest absolute Gasteiger partial charge is 0.338 e. The van der Waals surface area contributed by atoms with Gasteiger partial charge in [0.15, 0.2) is 0 Å². The van der Waals surface area contributed by atoms with E-state index >= 15 is 0 Å². The van der Waals surface area contributed by atoms with E-state index in [9.17, 15) is 4.79 Å². The maximum Gasteiger partial charge on any atom is 0.338 e. The molecule has 0 spiro atoms.